The Morgan fingerprint density at radius 3 is 2.16 bits per heavy atom. The van der Waals surface area contributed by atoms with Gasteiger partial charge in [0.15, 0.2) is 0 Å². The minimum atomic E-state index is -0.483. The van der Waals surface area contributed by atoms with Gasteiger partial charge in [-0.2, -0.15) is 0 Å². The predicted molar refractivity (Wildman–Crippen MR) is 205 cm³/mol. The molecule has 49 heavy (non-hydrogen) atoms. The number of benzene rings is 6. The number of rotatable bonds is 3. The highest BCUT2D eigenvalue weighted by Crippen LogP contribution is 2.63. The molecule has 10 rings (SSSR count). The zero-order valence-corrected chi connectivity index (χ0v) is 28.3. The molecule has 0 radical (unpaired) electrons. The van der Waals surface area contributed by atoms with Crippen molar-refractivity contribution in [3.8, 4) is 16.8 Å². The average Bonchev–Trinajstić information content (AvgIpc) is 3.25. The van der Waals surface area contributed by atoms with Crippen molar-refractivity contribution in [1.29, 1.82) is 0 Å². The van der Waals surface area contributed by atoms with Crippen LogP contribution in [0.15, 0.2) is 179 Å². The van der Waals surface area contributed by atoms with Crippen molar-refractivity contribution in [3.05, 3.63) is 197 Å². The summed E-state index contributed by atoms with van der Waals surface area (Å²) in [4.78, 5) is 2.62. The largest absolute Gasteiger partial charge is 0.364 e. The molecule has 7 aromatic rings. The van der Waals surface area contributed by atoms with E-state index in [1.54, 1.807) is 0 Å². The molecule has 0 saturated carbocycles. The van der Waals surface area contributed by atoms with E-state index in [2.05, 4.69) is 188 Å². The lowest BCUT2D eigenvalue weighted by molar-refractivity contribution is 0.528. The Labute approximate surface area is 291 Å². The number of fused-ring (bicyclic) bond motifs is 7. The topological polar surface area (TPSA) is 17.0 Å². The van der Waals surface area contributed by atoms with Crippen molar-refractivity contribution in [2.45, 2.75) is 34.5 Å². The van der Waals surface area contributed by atoms with Gasteiger partial charge in [0, 0.05) is 43.6 Å². The van der Waals surface area contributed by atoms with E-state index < -0.39 is 5.41 Å². The number of nitrogens with zero attached hydrogens (tertiary/aromatic N) is 1. The number of para-hydroxylation sites is 2. The molecular formula is C46H34N2S. The van der Waals surface area contributed by atoms with Gasteiger partial charge in [-0.15, -0.1) is 0 Å². The van der Waals surface area contributed by atoms with Crippen molar-refractivity contribution >= 4 is 33.6 Å². The number of hydrogen-bond donors (Lipinski definition) is 1. The molecule has 1 aliphatic carbocycles. The molecule has 3 heterocycles. The van der Waals surface area contributed by atoms with Gasteiger partial charge in [0.1, 0.15) is 0 Å². The number of allylic oxidation sites excluding steroid dienone is 5. The monoisotopic (exact) mass is 646 g/mol. The molecule has 6 aromatic carbocycles. The Kier molecular flexibility index (Phi) is 6.10. The van der Waals surface area contributed by atoms with E-state index in [1.807, 2.05) is 11.8 Å². The molecule has 0 bridgehead atoms. The molecule has 1 aromatic heterocycles. The van der Waals surface area contributed by atoms with Crippen LogP contribution in [0.5, 0.6) is 0 Å². The fourth-order valence-corrected chi connectivity index (χ4v) is 10.0. The van der Waals surface area contributed by atoms with E-state index in [-0.39, 0.29) is 5.41 Å². The first kappa shape index (κ1) is 28.5. The molecule has 3 aliphatic rings. The summed E-state index contributed by atoms with van der Waals surface area (Å²) in [6.07, 6.45) is 10.7. The summed E-state index contributed by atoms with van der Waals surface area (Å²) in [6, 6.07) is 49.6. The second-order valence-electron chi connectivity index (χ2n) is 13.8. The van der Waals surface area contributed by atoms with Crippen LogP contribution in [0.4, 0.5) is 0 Å². The molecule has 2 nitrogen and oxygen atoms in total. The molecule has 234 valence electrons. The van der Waals surface area contributed by atoms with Gasteiger partial charge in [-0.05, 0) is 99.6 Å². The standard InChI is InChI=1S/C46H34N2S/c1-45(2)35-18-9-10-19-36(35)46(43-23-7-4-14-26-47-43)37-20-11-13-22-41(37)49-42-29-31(28-38(45)44(42)46)30-24-25-40-34(27-30)33-17-8-12-21-39(33)48(40)32-15-5-3-6-16-32/h3-29,47H,1-2H3. The summed E-state index contributed by atoms with van der Waals surface area (Å²) in [5.74, 6) is 0. The Balaban J connectivity index is 1.27. The number of hydrogen-bond acceptors (Lipinski definition) is 2. The molecule has 1 N–H and O–H groups in total. The van der Waals surface area contributed by atoms with Gasteiger partial charge in [-0.1, -0.05) is 123 Å². The van der Waals surface area contributed by atoms with Crippen LogP contribution in [0.2, 0.25) is 0 Å². The van der Waals surface area contributed by atoms with Crippen LogP contribution in [-0.2, 0) is 10.8 Å². The van der Waals surface area contributed by atoms with E-state index in [1.165, 1.54) is 81.9 Å². The number of nitrogens with one attached hydrogen (secondary N) is 1. The zero-order valence-electron chi connectivity index (χ0n) is 27.4. The van der Waals surface area contributed by atoms with Gasteiger partial charge in [0.2, 0.25) is 0 Å². The summed E-state index contributed by atoms with van der Waals surface area (Å²) in [5, 5.41) is 6.30. The minimum absolute atomic E-state index is 0.211. The van der Waals surface area contributed by atoms with Crippen LogP contribution in [0.25, 0.3) is 38.6 Å². The average molecular weight is 647 g/mol. The van der Waals surface area contributed by atoms with Gasteiger partial charge < -0.3 is 9.88 Å². The molecule has 3 heteroatoms. The third-order valence-electron chi connectivity index (χ3n) is 10.9. The Morgan fingerprint density at radius 2 is 1.29 bits per heavy atom. The van der Waals surface area contributed by atoms with Gasteiger partial charge in [0.25, 0.3) is 0 Å². The van der Waals surface area contributed by atoms with E-state index >= 15 is 0 Å². The molecule has 1 unspecified atom stereocenters. The first-order valence-corrected chi connectivity index (χ1v) is 17.8. The summed E-state index contributed by atoms with van der Waals surface area (Å²) < 4.78 is 2.39. The lowest BCUT2D eigenvalue weighted by Crippen LogP contribution is -2.46. The molecule has 2 aliphatic heterocycles. The van der Waals surface area contributed by atoms with Gasteiger partial charge in [-0.25, -0.2) is 0 Å². The van der Waals surface area contributed by atoms with E-state index in [0.29, 0.717) is 0 Å². The normalized spacial score (nSPS) is 18.3. The maximum absolute atomic E-state index is 3.76. The highest BCUT2D eigenvalue weighted by Gasteiger charge is 2.54. The summed E-state index contributed by atoms with van der Waals surface area (Å²) in [7, 11) is 0. The Hall–Kier alpha value is -5.51. The Morgan fingerprint density at radius 1 is 0.551 bits per heavy atom. The van der Waals surface area contributed by atoms with Crippen LogP contribution >= 0.6 is 11.8 Å². The maximum Gasteiger partial charge on any atom is 0.0879 e. The SMILES string of the molecule is CC1(C)c2ccccc2C2(C3=CC=CC=CN3)c3ccccc3Sc3cc(-c4ccc5c(c4)c4ccccc4n5-c4ccccc4)cc1c32. The van der Waals surface area contributed by atoms with Crippen LogP contribution in [0.3, 0.4) is 0 Å². The highest BCUT2D eigenvalue weighted by molar-refractivity contribution is 7.99. The van der Waals surface area contributed by atoms with E-state index in [9.17, 15) is 0 Å². The van der Waals surface area contributed by atoms with Crippen molar-refractivity contribution in [2.75, 3.05) is 0 Å². The molecule has 0 amide bonds. The van der Waals surface area contributed by atoms with Crippen molar-refractivity contribution in [1.82, 2.24) is 9.88 Å². The predicted octanol–water partition coefficient (Wildman–Crippen LogP) is 11.4. The van der Waals surface area contributed by atoms with Crippen molar-refractivity contribution < 1.29 is 0 Å². The third kappa shape index (κ3) is 3.91. The van der Waals surface area contributed by atoms with Gasteiger partial charge in [0.05, 0.1) is 16.4 Å². The molecule has 1 atom stereocenters. The number of aromatic nitrogens is 1. The molecule has 0 fully saturated rings. The zero-order chi connectivity index (χ0) is 32.7. The van der Waals surface area contributed by atoms with Crippen LogP contribution in [-0.4, -0.2) is 4.57 Å². The smallest absolute Gasteiger partial charge is 0.0879 e. The first-order valence-electron chi connectivity index (χ1n) is 17.0. The maximum atomic E-state index is 3.76. The minimum Gasteiger partial charge on any atom is -0.364 e. The first-order chi connectivity index (χ1) is 24.1. The summed E-state index contributed by atoms with van der Waals surface area (Å²) >= 11 is 1.91. The van der Waals surface area contributed by atoms with Crippen LogP contribution < -0.4 is 5.32 Å². The second-order valence-corrected chi connectivity index (χ2v) is 14.9. The van der Waals surface area contributed by atoms with Gasteiger partial charge in [-0.3, -0.25) is 0 Å². The molecular weight excluding hydrogens is 613 g/mol. The highest BCUT2D eigenvalue weighted by atomic mass is 32.2. The Bertz CT molecular complexity index is 2580. The van der Waals surface area contributed by atoms with E-state index in [4.69, 9.17) is 0 Å². The van der Waals surface area contributed by atoms with Crippen molar-refractivity contribution in [2.24, 2.45) is 0 Å². The summed E-state index contributed by atoms with van der Waals surface area (Å²) in [5.41, 5.74) is 13.4. The van der Waals surface area contributed by atoms with Crippen molar-refractivity contribution in [3.63, 3.8) is 0 Å². The third-order valence-corrected chi connectivity index (χ3v) is 12.0. The van der Waals surface area contributed by atoms with Crippen LogP contribution in [0, 0.1) is 0 Å². The molecule has 0 spiro atoms. The van der Waals surface area contributed by atoms with Crippen LogP contribution in [0.1, 0.15) is 41.7 Å². The lowest BCUT2D eigenvalue weighted by atomic mass is 9.54. The van der Waals surface area contributed by atoms with Gasteiger partial charge >= 0.3 is 0 Å². The van der Waals surface area contributed by atoms with E-state index in [0.717, 1.165) is 0 Å². The lowest BCUT2D eigenvalue weighted by Gasteiger charge is -2.51. The quantitative estimate of drug-likeness (QED) is 0.206. The summed E-state index contributed by atoms with van der Waals surface area (Å²) in [6.45, 7) is 4.82. The second kappa shape index (κ2) is 10.5. The molecule has 0 saturated heterocycles. The fraction of sp³-hybridized carbons (Fsp3) is 0.0870. The fourth-order valence-electron chi connectivity index (χ4n) is 8.76.